The summed E-state index contributed by atoms with van der Waals surface area (Å²) in [6.45, 7) is 4.23. The van der Waals surface area contributed by atoms with E-state index in [-0.39, 0.29) is 11.9 Å². The van der Waals surface area contributed by atoms with E-state index in [0.717, 1.165) is 4.88 Å². The standard InChI is InChI=1S/C17H17N3O2S/c1-12(2)20(17(21)13-7-4-3-5-8-13)11-15-18-16(19-22-15)14-9-6-10-23-14/h3-10,12H,11H2,1-2H3. The average Bonchev–Trinajstić information content (AvgIpc) is 3.23. The number of hydrogen-bond donors (Lipinski definition) is 0. The first-order chi connectivity index (χ1) is 11.1. The molecule has 0 aliphatic carbocycles. The number of nitrogens with zero attached hydrogens (tertiary/aromatic N) is 3. The van der Waals surface area contributed by atoms with Crippen LogP contribution in [-0.2, 0) is 6.54 Å². The Morgan fingerprint density at radius 1 is 1.22 bits per heavy atom. The van der Waals surface area contributed by atoms with Gasteiger partial charge in [-0.1, -0.05) is 29.4 Å². The summed E-state index contributed by atoms with van der Waals surface area (Å²) in [5.74, 6) is 0.953. The van der Waals surface area contributed by atoms with Crippen molar-refractivity contribution < 1.29 is 9.32 Å². The van der Waals surface area contributed by atoms with Gasteiger partial charge in [0, 0.05) is 11.6 Å². The van der Waals surface area contributed by atoms with Crippen molar-refractivity contribution in [1.82, 2.24) is 15.0 Å². The number of carbonyl (C=O) groups is 1. The summed E-state index contributed by atoms with van der Waals surface area (Å²) in [7, 11) is 0. The highest BCUT2D eigenvalue weighted by atomic mass is 32.1. The van der Waals surface area contributed by atoms with E-state index in [9.17, 15) is 4.79 Å². The Balaban J connectivity index is 1.79. The van der Waals surface area contributed by atoms with Crippen LogP contribution in [0.4, 0.5) is 0 Å². The first-order valence-corrected chi connectivity index (χ1v) is 8.25. The first-order valence-electron chi connectivity index (χ1n) is 7.37. The largest absolute Gasteiger partial charge is 0.337 e. The monoisotopic (exact) mass is 327 g/mol. The Morgan fingerprint density at radius 2 is 2.00 bits per heavy atom. The second kappa shape index (κ2) is 6.75. The fourth-order valence-electron chi connectivity index (χ4n) is 2.21. The lowest BCUT2D eigenvalue weighted by Crippen LogP contribution is -2.36. The van der Waals surface area contributed by atoms with Crippen molar-refractivity contribution in [2.24, 2.45) is 0 Å². The highest BCUT2D eigenvalue weighted by Crippen LogP contribution is 2.22. The Kier molecular flexibility index (Phi) is 4.52. The van der Waals surface area contributed by atoms with Gasteiger partial charge in [0.1, 0.15) is 6.54 Å². The van der Waals surface area contributed by atoms with Gasteiger partial charge in [-0.3, -0.25) is 4.79 Å². The number of hydrogen-bond acceptors (Lipinski definition) is 5. The second-order valence-corrected chi connectivity index (χ2v) is 6.33. The third-order valence-electron chi connectivity index (χ3n) is 3.42. The van der Waals surface area contributed by atoms with Crippen LogP contribution in [0, 0.1) is 0 Å². The van der Waals surface area contributed by atoms with Crippen molar-refractivity contribution in [2.75, 3.05) is 0 Å². The molecular weight excluding hydrogens is 310 g/mol. The van der Waals surface area contributed by atoms with Crippen LogP contribution < -0.4 is 0 Å². The maximum atomic E-state index is 12.7. The third kappa shape index (κ3) is 3.48. The zero-order chi connectivity index (χ0) is 16.2. The van der Waals surface area contributed by atoms with Gasteiger partial charge in [0.2, 0.25) is 11.7 Å². The summed E-state index contributed by atoms with van der Waals surface area (Å²) in [6, 6.07) is 13.1. The molecule has 0 aliphatic rings. The average molecular weight is 327 g/mol. The minimum absolute atomic E-state index is 0.0276. The Hall–Kier alpha value is -2.47. The summed E-state index contributed by atoms with van der Waals surface area (Å²) in [6.07, 6.45) is 0. The predicted octanol–water partition coefficient (Wildman–Crippen LogP) is 3.85. The lowest BCUT2D eigenvalue weighted by atomic mass is 10.1. The first kappa shape index (κ1) is 15.4. The smallest absolute Gasteiger partial charge is 0.254 e. The van der Waals surface area contributed by atoms with Crippen LogP contribution >= 0.6 is 11.3 Å². The van der Waals surface area contributed by atoms with Crippen molar-refractivity contribution in [2.45, 2.75) is 26.4 Å². The molecule has 1 aromatic carbocycles. The summed E-state index contributed by atoms with van der Waals surface area (Å²) in [4.78, 5) is 19.7. The van der Waals surface area contributed by atoms with E-state index in [1.54, 1.807) is 16.2 Å². The minimum atomic E-state index is -0.0449. The van der Waals surface area contributed by atoms with E-state index < -0.39 is 0 Å². The molecule has 0 bridgehead atoms. The number of amides is 1. The molecule has 5 nitrogen and oxygen atoms in total. The highest BCUT2D eigenvalue weighted by Gasteiger charge is 2.22. The minimum Gasteiger partial charge on any atom is -0.337 e. The summed E-state index contributed by atoms with van der Waals surface area (Å²) < 4.78 is 5.31. The fraction of sp³-hybridized carbons (Fsp3) is 0.235. The lowest BCUT2D eigenvalue weighted by Gasteiger charge is -2.25. The Bertz CT molecular complexity index is 766. The molecule has 23 heavy (non-hydrogen) atoms. The van der Waals surface area contributed by atoms with E-state index in [2.05, 4.69) is 10.1 Å². The van der Waals surface area contributed by atoms with E-state index >= 15 is 0 Å². The summed E-state index contributed by atoms with van der Waals surface area (Å²) in [5, 5.41) is 5.95. The molecule has 0 atom stereocenters. The Labute approximate surface area is 138 Å². The SMILES string of the molecule is CC(C)N(Cc1nc(-c2cccs2)no1)C(=O)c1ccccc1. The molecule has 6 heteroatoms. The molecule has 0 saturated carbocycles. The normalized spacial score (nSPS) is 10.9. The van der Waals surface area contributed by atoms with E-state index in [4.69, 9.17) is 4.52 Å². The molecule has 2 heterocycles. The van der Waals surface area contributed by atoms with Gasteiger partial charge in [0.25, 0.3) is 5.91 Å². The lowest BCUT2D eigenvalue weighted by molar-refractivity contribution is 0.0667. The molecule has 0 fully saturated rings. The van der Waals surface area contributed by atoms with Crippen LogP contribution in [0.15, 0.2) is 52.4 Å². The number of benzene rings is 1. The van der Waals surface area contributed by atoms with Gasteiger partial charge in [0.15, 0.2) is 0 Å². The maximum Gasteiger partial charge on any atom is 0.254 e. The second-order valence-electron chi connectivity index (χ2n) is 5.38. The summed E-state index contributed by atoms with van der Waals surface area (Å²) >= 11 is 1.55. The molecule has 0 N–H and O–H groups in total. The van der Waals surface area contributed by atoms with Crippen LogP contribution in [0.3, 0.4) is 0 Å². The topological polar surface area (TPSA) is 59.2 Å². The number of thiophene rings is 1. The molecular formula is C17H17N3O2S. The molecule has 0 spiro atoms. The molecule has 0 aliphatic heterocycles. The van der Waals surface area contributed by atoms with E-state index in [1.807, 2.05) is 61.7 Å². The van der Waals surface area contributed by atoms with Gasteiger partial charge >= 0.3 is 0 Å². The van der Waals surface area contributed by atoms with Crippen molar-refractivity contribution in [3.63, 3.8) is 0 Å². The van der Waals surface area contributed by atoms with Gasteiger partial charge in [-0.2, -0.15) is 4.98 Å². The fourth-order valence-corrected chi connectivity index (χ4v) is 2.86. The highest BCUT2D eigenvalue weighted by molar-refractivity contribution is 7.13. The van der Waals surface area contributed by atoms with Crippen LogP contribution in [0.2, 0.25) is 0 Å². The van der Waals surface area contributed by atoms with Gasteiger partial charge in [-0.15, -0.1) is 11.3 Å². The molecule has 0 radical (unpaired) electrons. The van der Waals surface area contributed by atoms with E-state index in [1.165, 1.54) is 0 Å². The third-order valence-corrected chi connectivity index (χ3v) is 4.29. The number of carbonyl (C=O) groups excluding carboxylic acids is 1. The van der Waals surface area contributed by atoms with Gasteiger partial charge in [0.05, 0.1) is 4.88 Å². The van der Waals surface area contributed by atoms with Gasteiger partial charge in [-0.05, 0) is 37.4 Å². The van der Waals surface area contributed by atoms with Crippen molar-refractivity contribution >= 4 is 17.2 Å². The van der Waals surface area contributed by atoms with Gasteiger partial charge < -0.3 is 9.42 Å². The number of rotatable bonds is 5. The molecule has 3 aromatic rings. The van der Waals surface area contributed by atoms with Crippen LogP contribution in [0.25, 0.3) is 10.7 Å². The molecule has 118 valence electrons. The maximum absolute atomic E-state index is 12.7. The number of aromatic nitrogens is 2. The predicted molar refractivity (Wildman–Crippen MR) is 89.1 cm³/mol. The quantitative estimate of drug-likeness (QED) is 0.714. The van der Waals surface area contributed by atoms with Crippen molar-refractivity contribution in [3.05, 3.63) is 59.3 Å². The van der Waals surface area contributed by atoms with Crippen molar-refractivity contribution in [3.8, 4) is 10.7 Å². The van der Waals surface area contributed by atoms with E-state index in [0.29, 0.717) is 23.8 Å². The van der Waals surface area contributed by atoms with Crippen LogP contribution in [0.5, 0.6) is 0 Å². The molecule has 0 unspecified atom stereocenters. The van der Waals surface area contributed by atoms with Crippen LogP contribution in [0.1, 0.15) is 30.1 Å². The molecule has 0 saturated heterocycles. The zero-order valence-corrected chi connectivity index (χ0v) is 13.8. The summed E-state index contributed by atoms with van der Waals surface area (Å²) in [5.41, 5.74) is 0.652. The van der Waals surface area contributed by atoms with Crippen LogP contribution in [-0.4, -0.2) is 27.0 Å². The van der Waals surface area contributed by atoms with Crippen molar-refractivity contribution in [1.29, 1.82) is 0 Å². The van der Waals surface area contributed by atoms with Gasteiger partial charge in [-0.25, -0.2) is 0 Å². The Morgan fingerprint density at radius 3 is 2.65 bits per heavy atom. The molecule has 3 rings (SSSR count). The zero-order valence-electron chi connectivity index (χ0n) is 13.0. The molecule has 2 aromatic heterocycles. The molecule has 1 amide bonds.